The molecule has 2 aromatic rings. The van der Waals surface area contributed by atoms with E-state index in [1.165, 1.54) is 0 Å². The second-order valence-electron chi connectivity index (χ2n) is 6.21. The van der Waals surface area contributed by atoms with Gasteiger partial charge in [0, 0.05) is 31.8 Å². The summed E-state index contributed by atoms with van der Waals surface area (Å²) >= 11 is 0. The fraction of sp³-hybridized carbons (Fsp3) is 0.300. The van der Waals surface area contributed by atoms with Gasteiger partial charge >= 0.3 is 0 Å². The zero-order valence-electron chi connectivity index (χ0n) is 14.5. The summed E-state index contributed by atoms with van der Waals surface area (Å²) in [6.45, 7) is 2.70. The summed E-state index contributed by atoms with van der Waals surface area (Å²) in [5, 5.41) is 0. The van der Waals surface area contributed by atoms with Crippen LogP contribution in [0.2, 0.25) is 0 Å². The van der Waals surface area contributed by atoms with Crippen molar-refractivity contribution in [2.24, 2.45) is 0 Å². The van der Waals surface area contributed by atoms with Gasteiger partial charge in [-0.1, -0.05) is 12.1 Å². The Hall–Kier alpha value is -2.82. The minimum absolute atomic E-state index is 0.0947. The van der Waals surface area contributed by atoms with Gasteiger partial charge in [0.1, 0.15) is 5.76 Å². The average molecular weight is 338 g/mol. The largest absolute Gasteiger partial charge is 0.467 e. The third kappa shape index (κ3) is 3.82. The van der Waals surface area contributed by atoms with Crippen molar-refractivity contribution in [3.63, 3.8) is 0 Å². The van der Waals surface area contributed by atoms with Crippen LogP contribution in [0.5, 0.6) is 0 Å². The third-order valence-corrected chi connectivity index (χ3v) is 4.58. The van der Waals surface area contributed by atoms with Crippen LogP contribution in [0.3, 0.4) is 0 Å². The molecule has 2 amide bonds. The molecule has 0 aliphatic carbocycles. The SMILES string of the molecule is CC(c1ccco1)N(C)C(=O)/C=C/c1ccc(N2CCCC2=O)cc1. The van der Waals surface area contributed by atoms with Crippen LogP contribution < -0.4 is 4.90 Å². The Morgan fingerprint density at radius 2 is 2.04 bits per heavy atom. The van der Waals surface area contributed by atoms with Crippen molar-refractivity contribution in [1.29, 1.82) is 0 Å². The Bertz CT molecular complexity index is 763. The van der Waals surface area contributed by atoms with E-state index in [1.807, 2.05) is 43.3 Å². The van der Waals surface area contributed by atoms with Crippen molar-refractivity contribution < 1.29 is 14.0 Å². The van der Waals surface area contributed by atoms with Crippen molar-refractivity contribution in [1.82, 2.24) is 4.90 Å². The molecule has 0 radical (unpaired) electrons. The molecule has 1 fully saturated rings. The van der Waals surface area contributed by atoms with Crippen molar-refractivity contribution in [2.45, 2.75) is 25.8 Å². The summed E-state index contributed by atoms with van der Waals surface area (Å²) in [7, 11) is 1.75. The second kappa shape index (κ2) is 7.38. The van der Waals surface area contributed by atoms with E-state index < -0.39 is 0 Å². The molecule has 0 N–H and O–H groups in total. The van der Waals surface area contributed by atoms with Crippen LogP contribution in [0.15, 0.2) is 53.2 Å². The van der Waals surface area contributed by atoms with E-state index in [2.05, 4.69) is 0 Å². The van der Waals surface area contributed by atoms with Gasteiger partial charge in [0.25, 0.3) is 0 Å². The summed E-state index contributed by atoms with van der Waals surface area (Å²) in [5.41, 5.74) is 1.83. The quantitative estimate of drug-likeness (QED) is 0.782. The maximum absolute atomic E-state index is 12.3. The smallest absolute Gasteiger partial charge is 0.246 e. The lowest BCUT2D eigenvalue weighted by Gasteiger charge is -2.21. The van der Waals surface area contributed by atoms with Gasteiger partial charge in [-0.15, -0.1) is 0 Å². The molecule has 130 valence electrons. The van der Waals surface area contributed by atoms with E-state index in [1.54, 1.807) is 35.3 Å². The van der Waals surface area contributed by atoms with E-state index in [4.69, 9.17) is 4.42 Å². The van der Waals surface area contributed by atoms with Crippen molar-refractivity contribution in [3.8, 4) is 0 Å². The zero-order chi connectivity index (χ0) is 17.8. The number of benzene rings is 1. The number of carbonyl (C=O) groups excluding carboxylic acids is 2. The summed E-state index contributed by atoms with van der Waals surface area (Å²) in [6.07, 6.45) is 6.47. The van der Waals surface area contributed by atoms with Crippen LogP contribution in [0.1, 0.15) is 37.1 Å². The van der Waals surface area contributed by atoms with Crippen LogP contribution in [0.4, 0.5) is 5.69 Å². The first kappa shape index (κ1) is 17.0. The van der Waals surface area contributed by atoms with Crippen molar-refractivity contribution >= 4 is 23.6 Å². The molecule has 5 heteroatoms. The highest BCUT2D eigenvalue weighted by Gasteiger charge is 2.21. The lowest BCUT2D eigenvalue weighted by molar-refractivity contribution is -0.126. The molecule has 25 heavy (non-hydrogen) atoms. The normalized spacial score (nSPS) is 15.8. The molecule has 1 atom stereocenters. The molecule has 1 aliphatic heterocycles. The van der Waals surface area contributed by atoms with Crippen LogP contribution in [0, 0.1) is 0 Å². The first-order valence-electron chi connectivity index (χ1n) is 8.45. The maximum Gasteiger partial charge on any atom is 0.246 e. The van der Waals surface area contributed by atoms with Gasteiger partial charge in [-0.05, 0) is 49.2 Å². The molecule has 1 aromatic heterocycles. The number of furan rings is 1. The second-order valence-corrected chi connectivity index (χ2v) is 6.21. The molecule has 1 aliphatic rings. The molecule has 5 nitrogen and oxygen atoms in total. The molecule has 0 spiro atoms. The Kier molecular flexibility index (Phi) is 5.03. The number of rotatable bonds is 5. The summed E-state index contributed by atoms with van der Waals surface area (Å²) in [4.78, 5) is 27.5. The molecular weight excluding hydrogens is 316 g/mol. The molecule has 1 unspecified atom stereocenters. The van der Waals surface area contributed by atoms with Gasteiger partial charge in [0.05, 0.1) is 12.3 Å². The Morgan fingerprint density at radius 3 is 2.64 bits per heavy atom. The molecule has 3 rings (SSSR count). The Balaban J connectivity index is 1.63. The third-order valence-electron chi connectivity index (χ3n) is 4.58. The number of anilines is 1. The number of likely N-dealkylation sites (N-methyl/N-ethyl adjacent to an activating group) is 1. The highest BCUT2D eigenvalue weighted by molar-refractivity contribution is 5.95. The predicted octanol–water partition coefficient (Wildman–Crippen LogP) is 3.64. The molecule has 0 saturated carbocycles. The standard InChI is InChI=1S/C20H22N2O3/c1-15(18-5-4-14-25-18)21(2)19(23)12-9-16-7-10-17(11-8-16)22-13-3-6-20(22)24/h4-5,7-12,14-15H,3,6,13H2,1-2H3/b12-9+. The van der Waals surface area contributed by atoms with E-state index >= 15 is 0 Å². The number of hydrogen-bond acceptors (Lipinski definition) is 3. The van der Waals surface area contributed by atoms with Gasteiger partial charge in [-0.2, -0.15) is 0 Å². The van der Waals surface area contributed by atoms with Crippen LogP contribution in [-0.2, 0) is 9.59 Å². The fourth-order valence-electron chi connectivity index (χ4n) is 2.88. The zero-order valence-corrected chi connectivity index (χ0v) is 14.5. The Labute approximate surface area is 147 Å². The van der Waals surface area contributed by atoms with Crippen molar-refractivity contribution in [2.75, 3.05) is 18.5 Å². The van der Waals surface area contributed by atoms with Gasteiger partial charge in [-0.25, -0.2) is 0 Å². The lowest BCUT2D eigenvalue weighted by Crippen LogP contribution is -2.27. The lowest BCUT2D eigenvalue weighted by atomic mass is 10.1. The van der Waals surface area contributed by atoms with E-state index in [9.17, 15) is 9.59 Å². The van der Waals surface area contributed by atoms with Gasteiger partial charge in [-0.3, -0.25) is 9.59 Å². The molecule has 1 saturated heterocycles. The van der Waals surface area contributed by atoms with Gasteiger partial charge < -0.3 is 14.2 Å². The monoisotopic (exact) mass is 338 g/mol. The number of amides is 2. The van der Waals surface area contributed by atoms with E-state index in [-0.39, 0.29) is 17.9 Å². The van der Waals surface area contributed by atoms with Crippen LogP contribution in [0.25, 0.3) is 6.08 Å². The summed E-state index contributed by atoms with van der Waals surface area (Å²) in [6, 6.07) is 11.2. The number of hydrogen-bond donors (Lipinski definition) is 0. The minimum Gasteiger partial charge on any atom is -0.467 e. The van der Waals surface area contributed by atoms with E-state index in [0.29, 0.717) is 6.42 Å². The summed E-state index contributed by atoms with van der Waals surface area (Å²) < 4.78 is 5.35. The number of nitrogens with zero attached hydrogens (tertiary/aromatic N) is 2. The highest BCUT2D eigenvalue weighted by Crippen LogP contribution is 2.22. The first-order valence-corrected chi connectivity index (χ1v) is 8.45. The topological polar surface area (TPSA) is 53.8 Å². The molecule has 0 bridgehead atoms. The first-order chi connectivity index (χ1) is 12.1. The minimum atomic E-state index is -0.129. The summed E-state index contributed by atoms with van der Waals surface area (Å²) in [5.74, 6) is 0.832. The van der Waals surface area contributed by atoms with Crippen LogP contribution >= 0.6 is 0 Å². The van der Waals surface area contributed by atoms with Gasteiger partial charge in [0.15, 0.2) is 0 Å². The van der Waals surface area contributed by atoms with Gasteiger partial charge in [0.2, 0.25) is 11.8 Å². The van der Waals surface area contributed by atoms with E-state index in [0.717, 1.165) is 30.0 Å². The maximum atomic E-state index is 12.3. The highest BCUT2D eigenvalue weighted by atomic mass is 16.3. The molecule has 1 aromatic carbocycles. The van der Waals surface area contributed by atoms with Crippen LogP contribution in [-0.4, -0.2) is 30.3 Å². The number of carbonyl (C=O) groups is 2. The van der Waals surface area contributed by atoms with Crippen molar-refractivity contribution in [3.05, 3.63) is 60.1 Å². The fourth-order valence-corrected chi connectivity index (χ4v) is 2.88. The predicted molar refractivity (Wildman–Crippen MR) is 97.0 cm³/mol. The Morgan fingerprint density at radius 1 is 1.28 bits per heavy atom. The molecule has 2 heterocycles. The average Bonchev–Trinajstić information content (AvgIpc) is 3.30. The molecular formula is C20H22N2O3.